The Morgan fingerprint density at radius 3 is 0.617 bits per heavy atom. The molecule has 15 rings (SSSR count). The fraction of sp³-hybridized carbons (Fsp3) is 0.400. The molecule has 0 saturated heterocycles. The monoisotopic (exact) mass is 1730 g/mol. The van der Waals surface area contributed by atoms with Crippen LogP contribution in [0.1, 0.15) is 352 Å². The third kappa shape index (κ3) is 24.6. The number of rotatable bonds is 48. The molecule has 3 aromatic heterocycles. The van der Waals surface area contributed by atoms with Crippen molar-refractivity contribution < 1.29 is 18.9 Å². The van der Waals surface area contributed by atoms with E-state index in [-0.39, 0.29) is 0 Å². The number of thiophene rings is 2. The molecule has 0 spiro atoms. The van der Waals surface area contributed by atoms with Crippen molar-refractivity contribution in [1.29, 1.82) is 0 Å². The fourth-order valence-electron chi connectivity index (χ4n) is 18.5. The Hall–Kier alpha value is -10.8. The van der Waals surface area contributed by atoms with Crippen molar-refractivity contribution in [2.75, 3.05) is 26.4 Å². The van der Waals surface area contributed by atoms with Crippen LogP contribution < -0.4 is 18.9 Å². The lowest BCUT2D eigenvalue weighted by Crippen LogP contribution is -1.97. The van der Waals surface area contributed by atoms with Gasteiger partial charge < -0.3 is 18.9 Å². The van der Waals surface area contributed by atoms with Crippen LogP contribution in [0.4, 0.5) is 0 Å². The van der Waals surface area contributed by atoms with Gasteiger partial charge in [0.25, 0.3) is 0 Å². The van der Waals surface area contributed by atoms with Crippen molar-refractivity contribution >= 4 is 87.3 Å². The lowest BCUT2D eigenvalue weighted by molar-refractivity contribution is 0.304. The van der Waals surface area contributed by atoms with E-state index >= 15 is 0 Å². The third-order valence-corrected chi connectivity index (χ3v) is 28.2. The highest BCUT2D eigenvalue weighted by molar-refractivity contribution is 7.26. The first kappa shape index (κ1) is 91.9. The number of benzene rings is 8. The summed E-state index contributed by atoms with van der Waals surface area (Å²) in [5, 5.41) is 4.74. The van der Waals surface area contributed by atoms with E-state index in [4.69, 9.17) is 28.9 Å². The summed E-state index contributed by atoms with van der Waals surface area (Å²) in [6, 6.07) is 60.4. The first-order valence-corrected chi connectivity index (χ1v) is 51.2. The van der Waals surface area contributed by atoms with Gasteiger partial charge in [0.1, 0.15) is 23.0 Å². The summed E-state index contributed by atoms with van der Waals surface area (Å²) in [4.78, 5) is 11.9. The van der Waals surface area contributed by atoms with Gasteiger partial charge in [-0.05, 0) is 191 Å². The number of nitrogens with zero attached hydrogens (tertiary/aromatic N) is 2. The zero-order chi connectivity index (χ0) is 87.5. The standard InChI is InChI=1S/C120H132N2O4S2/c1-5-9-13-17-21-25-29-33-37-41-85-123-95-69-57-89(58-70-95)65-77-99-107-81-82-108(121-107)100(78-66-90-59-71-96(72-60-90)124-86-42-38-34-30-26-22-18-14-10-6-2)119-115-105-55-47-51-94-52-48-56-106(112(94)105)116(115)120(128-119)102(80-68-92-63-75-98(76-64-92)126-88-44-40-36-32-28-24-20-16-12-8-4)110-84-83-109(122-110)101(118-114-104-54-46-50-93-49-45-53-103(111(93)104)113(114)117(99)127-118)79-67-91-61-73-97(74-62-91)125-87-43-39-35-31-27-23-19-15-11-7-3/h45-64,69-76,81-84H,5-44,85-88H2,1-4H3. The number of ether oxygens (including phenoxy) is 4. The van der Waals surface area contributed by atoms with Gasteiger partial charge >= 0.3 is 0 Å². The smallest absolute Gasteiger partial charge is 0.119 e. The second-order valence-corrected chi connectivity index (χ2v) is 37.6. The van der Waals surface area contributed by atoms with Gasteiger partial charge in [0, 0.05) is 44.5 Å². The minimum Gasteiger partial charge on any atom is -0.494 e. The van der Waals surface area contributed by atoms with Crippen molar-refractivity contribution in [2.45, 2.75) is 285 Å². The number of fused-ring (bicyclic) bond motifs is 18. The minimum atomic E-state index is 0.692. The molecular formula is C120H132N2O4S2. The summed E-state index contributed by atoms with van der Waals surface area (Å²) in [7, 11) is 0. The van der Waals surface area contributed by atoms with Crippen LogP contribution >= 0.6 is 22.7 Å². The van der Waals surface area contributed by atoms with Crippen LogP contribution in [0.2, 0.25) is 0 Å². The summed E-state index contributed by atoms with van der Waals surface area (Å²) >= 11 is 3.47. The van der Waals surface area contributed by atoms with Crippen LogP contribution in [0.5, 0.6) is 23.0 Å². The van der Waals surface area contributed by atoms with E-state index in [1.807, 2.05) is 0 Å². The Labute approximate surface area is 773 Å². The molecule has 8 aromatic carbocycles. The first-order chi connectivity index (χ1) is 63.4. The summed E-state index contributed by atoms with van der Waals surface area (Å²) in [5.41, 5.74) is 18.8. The molecule has 658 valence electrons. The highest BCUT2D eigenvalue weighted by Gasteiger charge is 2.33. The quantitative estimate of drug-likeness (QED) is 0.0280. The Bertz CT molecular complexity index is 5330. The molecule has 0 N–H and O–H groups in total. The van der Waals surface area contributed by atoms with Crippen LogP contribution in [0.15, 0.2) is 170 Å². The van der Waals surface area contributed by atoms with Crippen LogP contribution in [0, 0.1) is 47.4 Å². The van der Waals surface area contributed by atoms with E-state index in [2.05, 4.69) is 269 Å². The summed E-state index contributed by atoms with van der Waals surface area (Å²) < 4.78 is 29.7. The zero-order valence-corrected chi connectivity index (χ0v) is 78.6. The molecule has 0 saturated carbocycles. The Morgan fingerprint density at radius 1 is 0.219 bits per heavy atom. The lowest BCUT2D eigenvalue weighted by Gasteiger charge is -2.06. The van der Waals surface area contributed by atoms with Crippen molar-refractivity contribution in [3.05, 3.63) is 237 Å². The Kier molecular flexibility index (Phi) is 35.2. The van der Waals surface area contributed by atoms with E-state index in [9.17, 15) is 0 Å². The zero-order valence-electron chi connectivity index (χ0n) is 76.9. The van der Waals surface area contributed by atoms with Gasteiger partial charge in [-0.25, -0.2) is 9.97 Å². The Balaban J connectivity index is 0.877. The molecule has 0 radical (unpaired) electrons. The van der Waals surface area contributed by atoms with Gasteiger partial charge in [0.05, 0.1) is 90.3 Å². The van der Waals surface area contributed by atoms with Gasteiger partial charge in [-0.3, -0.25) is 0 Å². The molecule has 5 heterocycles. The molecule has 0 amide bonds. The van der Waals surface area contributed by atoms with E-state index in [0.29, 0.717) is 26.4 Å². The second-order valence-electron chi connectivity index (χ2n) is 35.6. The molecule has 8 bridgehead atoms. The summed E-state index contributed by atoms with van der Waals surface area (Å²) in [5.74, 6) is 34.0. The second kappa shape index (κ2) is 49.1. The van der Waals surface area contributed by atoms with Crippen LogP contribution in [0.25, 0.3) is 109 Å². The SMILES string of the molecule is CCCCCCCCCCCCOc1ccc(C#Cc2c3nc(c(C#Cc4ccc(OCCCCCCCCCCCC)cc4)c4sc(c(C#Cc5ccc(OCCCCCCCCCCCC)cc5)c5nc(c(C#Cc6ccc(OCCCCCCCCCCCC)cc6)c6sc2c2c6-c6cccc7cccc-2c67)C=C5)c2c4-c4cccc5cccc-2c45)C=C3)cc1. The summed E-state index contributed by atoms with van der Waals surface area (Å²) in [6.45, 7) is 11.9. The average Bonchev–Trinajstić information content (AvgIpc) is 1.55. The predicted molar refractivity (Wildman–Crippen MR) is 549 cm³/mol. The largest absolute Gasteiger partial charge is 0.494 e. The van der Waals surface area contributed by atoms with Crippen molar-refractivity contribution in [3.63, 3.8) is 0 Å². The molecule has 2 aliphatic carbocycles. The Morgan fingerprint density at radius 2 is 0.414 bits per heavy atom. The van der Waals surface area contributed by atoms with E-state index in [0.717, 1.165) is 179 Å². The number of hydrogen-bond donors (Lipinski definition) is 0. The number of unbranched alkanes of at least 4 members (excludes halogenated alkanes) is 36. The van der Waals surface area contributed by atoms with E-state index in [1.54, 1.807) is 22.7 Å². The van der Waals surface area contributed by atoms with Gasteiger partial charge in [0.2, 0.25) is 0 Å². The van der Waals surface area contributed by atoms with Gasteiger partial charge in [0.15, 0.2) is 0 Å². The first-order valence-electron chi connectivity index (χ1n) is 49.6. The normalized spacial score (nSPS) is 11.7. The molecule has 11 aromatic rings. The maximum atomic E-state index is 6.43. The maximum Gasteiger partial charge on any atom is 0.119 e. The summed E-state index contributed by atoms with van der Waals surface area (Å²) in [6.07, 6.45) is 60.0. The average molecular weight is 1730 g/mol. The molecule has 0 atom stereocenters. The maximum absolute atomic E-state index is 6.43. The molecule has 2 aliphatic heterocycles. The molecule has 0 fully saturated rings. The highest BCUT2D eigenvalue weighted by Crippen LogP contribution is 2.58. The molecule has 128 heavy (non-hydrogen) atoms. The molecular weight excluding hydrogens is 1600 g/mol. The van der Waals surface area contributed by atoms with E-state index < -0.39 is 0 Å². The van der Waals surface area contributed by atoms with Crippen LogP contribution in [0.3, 0.4) is 0 Å². The predicted octanol–water partition coefficient (Wildman–Crippen LogP) is 34.5. The van der Waals surface area contributed by atoms with E-state index in [1.165, 1.54) is 253 Å². The number of aromatic nitrogens is 2. The minimum absolute atomic E-state index is 0.692. The topological polar surface area (TPSA) is 62.7 Å². The van der Waals surface area contributed by atoms with Crippen molar-refractivity contribution in [1.82, 2.24) is 9.97 Å². The molecule has 6 nitrogen and oxygen atoms in total. The molecule has 0 unspecified atom stereocenters. The number of hydrogen-bond acceptors (Lipinski definition) is 8. The van der Waals surface area contributed by atoms with Gasteiger partial charge in [-0.2, -0.15) is 0 Å². The highest BCUT2D eigenvalue weighted by atomic mass is 32.1. The van der Waals surface area contributed by atoms with Gasteiger partial charge in [-0.1, -0.05) is 379 Å². The van der Waals surface area contributed by atoms with Crippen LogP contribution in [-0.4, -0.2) is 36.4 Å². The van der Waals surface area contributed by atoms with Crippen molar-refractivity contribution in [2.24, 2.45) is 0 Å². The third-order valence-electron chi connectivity index (χ3n) is 25.7. The lowest BCUT2D eigenvalue weighted by atomic mass is 10.0. The van der Waals surface area contributed by atoms with Gasteiger partial charge in [-0.15, -0.1) is 22.7 Å². The fourth-order valence-corrected chi connectivity index (χ4v) is 21.2. The molecule has 8 heteroatoms. The van der Waals surface area contributed by atoms with Crippen LogP contribution in [-0.2, 0) is 0 Å². The molecule has 4 aliphatic rings. The van der Waals surface area contributed by atoms with Crippen molar-refractivity contribution in [3.8, 4) is 115 Å².